The number of aliphatic hydroxyl groups excluding tert-OH is 2. The van der Waals surface area contributed by atoms with E-state index in [9.17, 15) is 9.90 Å². The topological polar surface area (TPSA) is 102 Å². The van der Waals surface area contributed by atoms with Gasteiger partial charge in [-0.25, -0.2) is 4.79 Å². The summed E-state index contributed by atoms with van der Waals surface area (Å²) in [5.41, 5.74) is -0.182. The van der Waals surface area contributed by atoms with Crippen LogP contribution in [-0.4, -0.2) is 27.4 Å². The van der Waals surface area contributed by atoms with Gasteiger partial charge in [0.1, 0.15) is 6.10 Å². The van der Waals surface area contributed by atoms with Crippen molar-refractivity contribution in [2.24, 2.45) is 0 Å². The fourth-order valence-corrected chi connectivity index (χ4v) is 1.50. The Bertz CT molecular complexity index is 455. The Kier molecular flexibility index (Phi) is 3.85. The van der Waals surface area contributed by atoms with Crippen molar-refractivity contribution < 1.29 is 20.1 Å². The average Bonchev–Trinajstić information content (AvgIpc) is 2.27. The molecule has 0 aromatic heterocycles. The number of carbonyl (C=O) groups is 1. The van der Waals surface area contributed by atoms with Crippen LogP contribution in [0.1, 0.15) is 22.0 Å². The number of carboxylic acids is 1. The van der Waals surface area contributed by atoms with Gasteiger partial charge in [0, 0.05) is 5.56 Å². The third-order valence-electron chi connectivity index (χ3n) is 2.01. The van der Waals surface area contributed by atoms with Crippen LogP contribution in [0, 0.1) is 11.3 Å². The summed E-state index contributed by atoms with van der Waals surface area (Å²) in [5, 5.41) is 35.6. The SMILES string of the molecule is N#CC(O)C(O)c1cccc(C(=O)O)c1Cl. The van der Waals surface area contributed by atoms with Crippen molar-refractivity contribution in [3.05, 3.63) is 34.3 Å². The van der Waals surface area contributed by atoms with E-state index in [0.717, 1.165) is 0 Å². The van der Waals surface area contributed by atoms with Crippen LogP contribution >= 0.6 is 11.6 Å². The molecule has 0 bridgehead atoms. The Morgan fingerprint density at radius 3 is 2.56 bits per heavy atom. The monoisotopic (exact) mass is 241 g/mol. The molecule has 0 saturated carbocycles. The summed E-state index contributed by atoms with van der Waals surface area (Å²) in [5.74, 6) is -1.24. The van der Waals surface area contributed by atoms with Gasteiger partial charge in [0.15, 0.2) is 6.10 Å². The quantitative estimate of drug-likeness (QED) is 0.684. The molecule has 1 rings (SSSR count). The highest BCUT2D eigenvalue weighted by Crippen LogP contribution is 2.28. The van der Waals surface area contributed by atoms with Crippen LogP contribution in [-0.2, 0) is 0 Å². The van der Waals surface area contributed by atoms with Crippen molar-refractivity contribution in [1.29, 1.82) is 5.26 Å². The highest BCUT2D eigenvalue weighted by Gasteiger charge is 2.23. The highest BCUT2D eigenvalue weighted by atomic mass is 35.5. The Hall–Kier alpha value is -1.61. The van der Waals surface area contributed by atoms with Crippen LogP contribution < -0.4 is 0 Å². The Morgan fingerprint density at radius 1 is 1.44 bits per heavy atom. The van der Waals surface area contributed by atoms with E-state index in [2.05, 4.69) is 0 Å². The fraction of sp³-hybridized carbons (Fsp3) is 0.200. The van der Waals surface area contributed by atoms with E-state index in [4.69, 9.17) is 27.1 Å². The first kappa shape index (κ1) is 12.5. The minimum Gasteiger partial charge on any atom is -0.478 e. The lowest BCUT2D eigenvalue weighted by Gasteiger charge is -2.14. The zero-order valence-corrected chi connectivity index (χ0v) is 8.72. The molecule has 0 spiro atoms. The second kappa shape index (κ2) is 4.94. The van der Waals surface area contributed by atoms with Gasteiger partial charge >= 0.3 is 5.97 Å². The van der Waals surface area contributed by atoms with E-state index in [0.29, 0.717) is 0 Å². The molecule has 6 heteroatoms. The van der Waals surface area contributed by atoms with E-state index >= 15 is 0 Å². The van der Waals surface area contributed by atoms with Gasteiger partial charge in [-0.15, -0.1) is 0 Å². The average molecular weight is 242 g/mol. The van der Waals surface area contributed by atoms with Gasteiger partial charge in [-0.1, -0.05) is 23.7 Å². The van der Waals surface area contributed by atoms with Crippen molar-refractivity contribution in [3.8, 4) is 6.07 Å². The maximum atomic E-state index is 10.7. The smallest absolute Gasteiger partial charge is 0.337 e. The first-order valence-electron chi connectivity index (χ1n) is 4.26. The molecule has 0 aliphatic heterocycles. The number of aromatic carboxylic acids is 1. The molecule has 16 heavy (non-hydrogen) atoms. The van der Waals surface area contributed by atoms with Crippen LogP contribution in [0.3, 0.4) is 0 Å². The predicted molar refractivity (Wildman–Crippen MR) is 55.0 cm³/mol. The molecule has 2 unspecified atom stereocenters. The molecule has 0 saturated heterocycles. The molecule has 0 amide bonds. The van der Waals surface area contributed by atoms with E-state index in [-0.39, 0.29) is 16.1 Å². The summed E-state index contributed by atoms with van der Waals surface area (Å²) < 4.78 is 0. The molecule has 84 valence electrons. The van der Waals surface area contributed by atoms with Crippen molar-refractivity contribution >= 4 is 17.6 Å². The molecule has 0 aliphatic carbocycles. The number of benzene rings is 1. The first-order valence-corrected chi connectivity index (χ1v) is 4.64. The number of hydrogen-bond acceptors (Lipinski definition) is 4. The molecule has 0 aliphatic rings. The molecule has 1 aromatic rings. The molecule has 0 heterocycles. The summed E-state index contributed by atoms with van der Waals surface area (Å²) in [7, 11) is 0. The molecule has 2 atom stereocenters. The molecule has 0 fully saturated rings. The van der Waals surface area contributed by atoms with Crippen molar-refractivity contribution in [1.82, 2.24) is 0 Å². The Morgan fingerprint density at radius 2 is 2.06 bits per heavy atom. The first-order chi connectivity index (χ1) is 7.49. The molecular weight excluding hydrogens is 234 g/mol. The lowest BCUT2D eigenvalue weighted by molar-refractivity contribution is 0.0526. The van der Waals surface area contributed by atoms with Gasteiger partial charge in [0.05, 0.1) is 16.7 Å². The van der Waals surface area contributed by atoms with E-state index < -0.39 is 18.2 Å². The summed E-state index contributed by atoms with van der Waals surface area (Å²) >= 11 is 5.74. The Balaban J connectivity index is 3.21. The number of aliphatic hydroxyl groups is 2. The number of nitriles is 1. The van der Waals surface area contributed by atoms with Crippen molar-refractivity contribution in [2.45, 2.75) is 12.2 Å². The third-order valence-corrected chi connectivity index (χ3v) is 2.43. The van der Waals surface area contributed by atoms with E-state index in [1.165, 1.54) is 24.3 Å². The second-order valence-corrected chi connectivity index (χ2v) is 3.41. The summed E-state index contributed by atoms with van der Waals surface area (Å²) in [6, 6.07) is 5.42. The van der Waals surface area contributed by atoms with Gasteiger partial charge in [0.25, 0.3) is 0 Å². The molecule has 0 radical (unpaired) electrons. The number of nitrogens with zero attached hydrogens (tertiary/aromatic N) is 1. The second-order valence-electron chi connectivity index (χ2n) is 3.03. The number of rotatable bonds is 3. The summed E-state index contributed by atoms with van der Waals surface area (Å²) in [4.78, 5) is 10.7. The van der Waals surface area contributed by atoms with Gasteiger partial charge < -0.3 is 15.3 Å². The van der Waals surface area contributed by atoms with Gasteiger partial charge in [-0.2, -0.15) is 5.26 Å². The van der Waals surface area contributed by atoms with Gasteiger partial charge in [-0.05, 0) is 6.07 Å². The van der Waals surface area contributed by atoms with Gasteiger partial charge in [-0.3, -0.25) is 0 Å². The number of carboxylic acid groups (broad SMARTS) is 1. The third kappa shape index (κ3) is 2.31. The molecular formula is C10H8ClNO4. The zero-order valence-electron chi connectivity index (χ0n) is 7.96. The van der Waals surface area contributed by atoms with Crippen LogP contribution in [0.5, 0.6) is 0 Å². The maximum absolute atomic E-state index is 10.7. The predicted octanol–water partition coefficient (Wildman–Crippen LogP) is 0.956. The van der Waals surface area contributed by atoms with Crippen LogP contribution in [0.15, 0.2) is 18.2 Å². The zero-order chi connectivity index (χ0) is 12.3. The molecule has 3 N–H and O–H groups in total. The van der Waals surface area contributed by atoms with Crippen LogP contribution in [0.25, 0.3) is 0 Å². The number of hydrogen-bond donors (Lipinski definition) is 3. The van der Waals surface area contributed by atoms with Gasteiger partial charge in [0.2, 0.25) is 0 Å². The molecule has 5 nitrogen and oxygen atoms in total. The van der Waals surface area contributed by atoms with Crippen LogP contribution in [0.4, 0.5) is 0 Å². The standard InChI is InChI=1S/C10H8ClNO4/c11-8-5(9(14)7(13)4-12)2-1-3-6(8)10(15)16/h1-3,7,9,13-14H,(H,15,16). The van der Waals surface area contributed by atoms with Crippen molar-refractivity contribution in [2.75, 3.05) is 0 Å². The maximum Gasteiger partial charge on any atom is 0.337 e. The summed E-state index contributed by atoms with van der Waals surface area (Å²) in [6.45, 7) is 0. The normalized spacial score (nSPS) is 13.9. The fourth-order valence-electron chi connectivity index (χ4n) is 1.18. The van der Waals surface area contributed by atoms with E-state index in [1.807, 2.05) is 0 Å². The lowest BCUT2D eigenvalue weighted by Crippen LogP contribution is -2.17. The van der Waals surface area contributed by atoms with E-state index in [1.54, 1.807) is 0 Å². The Labute approximate surface area is 96.1 Å². The number of halogens is 1. The minimum absolute atomic E-state index is 0.00983. The van der Waals surface area contributed by atoms with Crippen molar-refractivity contribution in [3.63, 3.8) is 0 Å². The van der Waals surface area contributed by atoms with Crippen LogP contribution in [0.2, 0.25) is 5.02 Å². The summed E-state index contributed by atoms with van der Waals surface area (Å²) in [6.07, 6.45) is -3.18. The largest absolute Gasteiger partial charge is 0.478 e. The molecule has 1 aromatic carbocycles. The minimum atomic E-state index is -1.65. The lowest BCUT2D eigenvalue weighted by atomic mass is 10.0. The highest BCUT2D eigenvalue weighted by molar-refractivity contribution is 6.34.